The van der Waals surface area contributed by atoms with Crippen molar-refractivity contribution in [3.05, 3.63) is 63.8 Å². The van der Waals surface area contributed by atoms with Crippen molar-refractivity contribution in [3.63, 3.8) is 0 Å². The van der Waals surface area contributed by atoms with Crippen molar-refractivity contribution in [3.8, 4) is 0 Å². The lowest BCUT2D eigenvalue weighted by Gasteiger charge is -2.26. The van der Waals surface area contributed by atoms with Gasteiger partial charge in [0.1, 0.15) is 0 Å². The molecular formula is C22H24Cl2N2S. The number of para-hydroxylation sites is 1. The van der Waals surface area contributed by atoms with Crippen LogP contribution in [0.15, 0.2) is 47.4 Å². The fourth-order valence-electron chi connectivity index (χ4n) is 3.94. The Hall–Kier alpha value is -1.13. The average molecular weight is 419 g/mol. The first-order valence-corrected chi connectivity index (χ1v) is 11.2. The van der Waals surface area contributed by atoms with Gasteiger partial charge in [-0.3, -0.25) is 4.90 Å². The van der Waals surface area contributed by atoms with Crippen LogP contribution in [0.5, 0.6) is 0 Å². The monoisotopic (exact) mass is 418 g/mol. The highest BCUT2D eigenvalue weighted by Crippen LogP contribution is 2.34. The molecule has 2 heterocycles. The Kier molecular flexibility index (Phi) is 6.03. The fourth-order valence-corrected chi connectivity index (χ4v) is 5.34. The molecule has 1 saturated heterocycles. The first kappa shape index (κ1) is 19.2. The standard InChI is InChI=1S/C22H24Cl2N2S/c1-25-21-8-4-3-7-17(21)18(14-26-11-5-2-6-12-26)22(25)15-27-16-9-10-19(23)20(24)13-16/h3-4,7-10,13H,2,5-6,11-12,14-15H2,1H3. The number of benzene rings is 2. The molecule has 0 bridgehead atoms. The molecule has 2 aromatic carbocycles. The molecule has 1 aliphatic rings. The number of piperidine rings is 1. The summed E-state index contributed by atoms with van der Waals surface area (Å²) >= 11 is 14.1. The second-order valence-electron chi connectivity index (χ2n) is 7.20. The van der Waals surface area contributed by atoms with E-state index in [0.29, 0.717) is 10.0 Å². The van der Waals surface area contributed by atoms with Gasteiger partial charge in [0.15, 0.2) is 0 Å². The van der Waals surface area contributed by atoms with Crippen molar-refractivity contribution in [2.75, 3.05) is 13.1 Å². The quantitative estimate of drug-likeness (QED) is 0.422. The van der Waals surface area contributed by atoms with E-state index < -0.39 is 0 Å². The van der Waals surface area contributed by atoms with Gasteiger partial charge in [-0.1, -0.05) is 47.8 Å². The molecule has 0 radical (unpaired) electrons. The van der Waals surface area contributed by atoms with Crippen LogP contribution in [0.2, 0.25) is 10.0 Å². The number of rotatable bonds is 5. The molecule has 1 aliphatic heterocycles. The van der Waals surface area contributed by atoms with Gasteiger partial charge in [0.2, 0.25) is 0 Å². The zero-order valence-electron chi connectivity index (χ0n) is 15.5. The van der Waals surface area contributed by atoms with E-state index in [1.54, 1.807) is 0 Å². The van der Waals surface area contributed by atoms with E-state index in [1.807, 2.05) is 30.0 Å². The van der Waals surface area contributed by atoms with Gasteiger partial charge >= 0.3 is 0 Å². The van der Waals surface area contributed by atoms with Crippen molar-refractivity contribution >= 4 is 45.9 Å². The summed E-state index contributed by atoms with van der Waals surface area (Å²) in [6, 6.07) is 14.7. The van der Waals surface area contributed by atoms with Crippen LogP contribution < -0.4 is 0 Å². The number of aromatic nitrogens is 1. The molecular weight excluding hydrogens is 395 g/mol. The molecule has 0 N–H and O–H groups in total. The van der Waals surface area contributed by atoms with Gasteiger partial charge in [-0.2, -0.15) is 0 Å². The molecule has 1 fully saturated rings. The molecule has 3 aromatic rings. The zero-order valence-corrected chi connectivity index (χ0v) is 17.9. The largest absolute Gasteiger partial charge is 0.347 e. The number of likely N-dealkylation sites (tertiary alicyclic amines) is 1. The van der Waals surface area contributed by atoms with Gasteiger partial charge in [0.25, 0.3) is 0 Å². The third-order valence-electron chi connectivity index (χ3n) is 5.44. The summed E-state index contributed by atoms with van der Waals surface area (Å²) in [5, 5.41) is 2.61. The van der Waals surface area contributed by atoms with Gasteiger partial charge in [0.05, 0.1) is 10.0 Å². The van der Waals surface area contributed by atoms with E-state index in [-0.39, 0.29) is 0 Å². The van der Waals surface area contributed by atoms with E-state index in [0.717, 1.165) is 17.2 Å². The SMILES string of the molecule is Cn1c(CSc2ccc(Cl)c(Cl)c2)c(CN2CCCCC2)c2ccccc21. The highest BCUT2D eigenvalue weighted by Gasteiger charge is 2.19. The van der Waals surface area contributed by atoms with Crippen LogP contribution in [0.1, 0.15) is 30.5 Å². The zero-order chi connectivity index (χ0) is 18.8. The van der Waals surface area contributed by atoms with Gasteiger partial charge in [-0.25, -0.2) is 0 Å². The van der Waals surface area contributed by atoms with Gasteiger partial charge in [-0.05, 0) is 55.8 Å². The lowest BCUT2D eigenvalue weighted by atomic mass is 10.1. The lowest BCUT2D eigenvalue weighted by Crippen LogP contribution is -2.29. The summed E-state index contributed by atoms with van der Waals surface area (Å²) < 4.78 is 2.36. The number of hydrogen-bond donors (Lipinski definition) is 0. The lowest BCUT2D eigenvalue weighted by molar-refractivity contribution is 0.221. The number of thioether (sulfide) groups is 1. The summed E-state index contributed by atoms with van der Waals surface area (Å²) in [6.07, 6.45) is 4.00. The Balaban J connectivity index is 1.64. The summed E-state index contributed by atoms with van der Waals surface area (Å²) in [4.78, 5) is 3.76. The first-order valence-electron chi connectivity index (χ1n) is 9.49. The molecule has 4 rings (SSSR count). The highest BCUT2D eigenvalue weighted by atomic mass is 35.5. The maximum absolute atomic E-state index is 6.19. The van der Waals surface area contributed by atoms with Crippen LogP contribution in [0.4, 0.5) is 0 Å². The third-order valence-corrected chi connectivity index (χ3v) is 7.18. The van der Waals surface area contributed by atoms with E-state index in [4.69, 9.17) is 23.2 Å². The second-order valence-corrected chi connectivity index (χ2v) is 9.07. The number of fused-ring (bicyclic) bond motifs is 1. The number of nitrogens with zero attached hydrogens (tertiary/aromatic N) is 2. The molecule has 0 unspecified atom stereocenters. The Morgan fingerprint density at radius 2 is 1.74 bits per heavy atom. The third kappa shape index (κ3) is 4.17. The molecule has 27 heavy (non-hydrogen) atoms. The highest BCUT2D eigenvalue weighted by molar-refractivity contribution is 7.98. The average Bonchev–Trinajstić information content (AvgIpc) is 2.95. The molecule has 5 heteroatoms. The van der Waals surface area contributed by atoms with E-state index >= 15 is 0 Å². The minimum absolute atomic E-state index is 0.608. The molecule has 1 aromatic heterocycles. The molecule has 142 valence electrons. The minimum Gasteiger partial charge on any atom is -0.347 e. The van der Waals surface area contributed by atoms with Crippen LogP contribution >= 0.6 is 35.0 Å². The van der Waals surface area contributed by atoms with Crippen molar-refractivity contribution < 1.29 is 0 Å². The van der Waals surface area contributed by atoms with E-state index in [2.05, 4.69) is 40.8 Å². The van der Waals surface area contributed by atoms with Gasteiger partial charge < -0.3 is 4.57 Å². The van der Waals surface area contributed by atoms with Crippen molar-refractivity contribution in [1.29, 1.82) is 0 Å². The van der Waals surface area contributed by atoms with Crippen LogP contribution in [0, 0.1) is 0 Å². The normalized spacial score (nSPS) is 15.5. The number of hydrogen-bond acceptors (Lipinski definition) is 2. The smallest absolute Gasteiger partial charge is 0.0603 e. The Labute approximate surface area is 175 Å². The molecule has 0 atom stereocenters. The summed E-state index contributed by atoms with van der Waals surface area (Å²) in [7, 11) is 2.19. The first-order chi connectivity index (χ1) is 13.1. The second kappa shape index (κ2) is 8.48. The fraction of sp³-hybridized carbons (Fsp3) is 0.364. The molecule has 0 spiro atoms. The molecule has 0 saturated carbocycles. The van der Waals surface area contributed by atoms with Crippen molar-refractivity contribution in [1.82, 2.24) is 9.47 Å². The molecule has 0 aliphatic carbocycles. The summed E-state index contributed by atoms with van der Waals surface area (Å²) in [6.45, 7) is 3.46. The summed E-state index contributed by atoms with van der Waals surface area (Å²) in [5.41, 5.74) is 4.19. The maximum atomic E-state index is 6.19. The Morgan fingerprint density at radius 3 is 2.52 bits per heavy atom. The van der Waals surface area contributed by atoms with Crippen LogP contribution in [-0.2, 0) is 19.3 Å². The molecule has 2 nitrogen and oxygen atoms in total. The van der Waals surface area contributed by atoms with Crippen LogP contribution in [0.25, 0.3) is 10.9 Å². The maximum Gasteiger partial charge on any atom is 0.0603 e. The minimum atomic E-state index is 0.608. The topological polar surface area (TPSA) is 8.17 Å². The van der Waals surface area contributed by atoms with E-state index in [9.17, 15) is 0 Å². The van der Waals surface area contributed by atoms with Gasteiger partial charge in [0, 0.05) is 40.8 Å². The predicted molar refractivity (Wildman–Crippen MR) is 118 cm³/mol. The van der Waals surface area contributed by atoms with Crippen LogP contribution in [0.3, 0.4) is 0 Å². The molecule has 0 amide bonds. The Bertz CT molecular complexity index is 945. The number of halogens is 2. The predicted octanol–water partition coefficient (Wildman–Crippen LogP) is 6.76. The Morgan fingerprint density at radius 1 is 0.963 bits per heavy atom. The summed E-state index contributed by atoms with van der Waals surface area (Å²) in [5.74, 6) is 0.923. The van der Waals surface area contributed by atoms with Crippen molar-refractivity contribution in [2.24, 2.45) is 7.05 Å². The van der Waals surface area contributed by atoms with Crippen LogP contribution in [-0.4, -0.2) is 22.6 Å². The van der Waals surface area contributed by atoms with E-state index in [1.165, 1.54) is 54.5 Å². The van der Waals surface area contributed by atoms with Crippen molar-refractivity contribution in [2.45, 2.75) is 36.5 Å². The number of aryl methyl sites for hydroxylation is 1. The van der Waals surface area contributed by atoms with Gasteiger partial charge in [-0.15, -0.1) is 11.8 Å².